The lowest BCUT2D eigenvalue weighted by molar-refractivity contribution is 0.0696. The van der Waals surface area contributed by atoms with E-state index in [1.165, 1.54) is 6.42 Å². The Morgan fingerprint density at radius 3 is 2.95 bits per heavy atom. The van der Waals surface area contributed by atoms with Crippen LogP contribution in [0.5, 0.6) is 5.88 Å². The molecule has 2 atom stereocenters. The molecule has 4 heterocycles. The van der Waals surface area contributed by atoms with Gasteiger partial charge in [0, 0.05) is 32.4 Å². The van der Waals surface area contributed by atoms with Gasteiger partial charge in [0.15, 0.2) is 0 Å². The number of ether oxygens (including phenoxy) is 1. The molecule has 2 aliphatic rings. The number of fused-ring (bicyclic) bond motifs is 3. The average molecular weight is 502 g/mol. The topological polar surface area (TPSA) is 124 Å². The van der Waals surface area contributed by atoms with Crippen LogP contribution in [0.3, 0.4) is 0 Å². The van der Waals surface area contributed by atoms with E-state index < -0.39 is 5.97 Å². The number of aromatic carboxylic acids is 1. The van der Waals surface area contributed by atoms with Crippen LogP contribution in [0.1, 0.15) is 35.3 Å². The van der Waals surface area contributed by atoms with Gasteiger partial charge in [0.1, 0.15) is 6.61 Å². The van der Waals surface area contributed by atoms with Gasteiger partial charge in [-0.15, -0.1) is 0 Å². The summed E-state index contributed by atoms with van der Waals surface area (Å²) in [6, 6.07) is 11.3. The van der Waals surface area contributed by atoms with Crippen molar-refractivity contribution in [2.24, 2.45) is 13.0 Å². The molecule has 10 heteroatoms. The van der Waals surface area contributed by atoms with Gasteiger partial charge >= 0.3 is 5.97 Å². The molecule has 3 N–H and O–H groups in total. The third kappa shape index (κ3) is 4.11. The quantitative estimate of drug-likeness (QED) is 0.395. The van der Waals surface area contributed by atoms with Gasteiger partial charge in [0.05, 0.1) is 39.6 Å². The molecular weight excluding hydrogens is 470 g/mol. The monoisotopic (exact) mass is 501 g/mol. The van der Waals surface area contributed by atoms with Crippen LogP contribution in [-0.2, 0) is 12.6 Å². The number of nitrogens with zero attached hydrogens (tertiary/aromatic N) is 6. The summed E-state index contributed by atoms with van der Waals surface area (Å²) < 4.78 is 10.2. The highest BCUT2D eigenvalue weighted by atomic mass is 16.5. The molecule has 2 bridgehead atoms. The van der Waals surface area contributed by atoms with Crippen molar-refractivity contribution < 1.29 is 14.6 Å². The number of anilines is 1. The maximum Gasteiger partial charge on any atom is 0.335 e. The zero-order valence-corrected chi connectivity index (χ0v) is 21.1. The van der Waals surface area contributed by atoms with Gasteiger partial charge in [0.25, 0.3) is 0 Å². The summed E-state index contributed by atoms with van der Waals surface area (Å²) in [7, 11) is 1.82. The smallest absolute Gasteiger partial charge is 0.335 e. The molecule has 1 saturated heterocycles. The summed E-state index contributed by atoms with van der Waals surface area (Å²) in [5.41, 5.74) is 10.5. The number of para-hydroxylation sites is 2. The highest BCUT2D eigenvalue weighted by Gasteiger charge is 2.47. The van der Waals surface area contributed by atoms with Crippen molar-refractivity contribution in [2.45, 2.75) is 31.7 Å². The Kier molecular flexibility index (Phi) is 5.63. The van der Waals surface area contributed by atoms with Crippen LogP contribution in [0.2, 0.25) is 0 Å². The SMILES string of the molecule is Cc1cc(C(=O)O)cc(-c2cnn(C)c2OCCN2CC3CCC(n4c(N)nc5ccccc54)(C3)C2)n1. The molecule has 192 valence electrons. The molecule has 0 radical (unpaired) electrons. The van der Waals surface area contributed by atoms with Crippen molar-refractivity contribution >= 4 is 23.0 Å². The van der Waals surface area contributed by atoms with Crippen molar-refractivity contribution in [1.29, 1.82) is 0 Å². The molecule has 1 aromatic carbocycles. The zero-order valence-electron chi connectivity index (χ0n) is 21.1. The summed E-state index contributed by atoms with van der Waals surface area (Å²) in [6.07, 6.45) is 5.06. The number of carboxylic acids is 1. The molecular formula is C27H31N7O3. The molecule has 2 fully saturated rings. The summed E-state index contributed by atoms with van der Waals surface area (Å²) in [4.78, 5) is 23.2. The molecule has 0 amide bonds. The van der Waals surface area contributed by atoms with E-state index >= 15 is 0 Å². The van der Waals surface area contributed by atoms with Crippen molar-refractivity contribution in [2.75, 3.05) is 32.0 Å². The van der Waals surface area contributed by atoms with E-state index in [2.05, 4.69) is 30.6 Å². The number of piperidine rings is 1. The van der Waals surface area contributed by atoms with Crippen molar-refractivity contribution in [3.63, 3.8) is 0 Å². The fraction of sp³-hybridized carbons (Fsp3) is 0.407. The average Bonchev–Trinajstić information content (AvgIpc) is 3.51. The predicted octanol–water partition coefficient (Wildman–Crippen LogP) is 3.31. The number of aromatic nitrogens is 5. The van der Waals surface area contributed by atoms with Crippen LogP contribution in [0.4, 0.5) is 5.95 Å². The standard InChI is InChI=1S/C27H31N7O3/c1-17-11-19(25(35)36)12-22(30-17)20-14-29-32(2)24(20)37-10-9-33-15-18-7-8-27(13-18,16-33)34-23-6-4-3-5-21(23)31-26(34)28/h3-6,11-12,14,18H,7-10,13,15-16H2,1-2H3,(H2,28,31)(H,35,36). The molecule has 3 aromatic heterocycles. The largest absolute Gasteiger partial charge is 0.478 e. The van der Waals surface area contributed by atoms with E-state index in [0.29, 0.717) is 41.3 Å². The number of carbonyl (C=O) groups is 1. The first kappa shape index (κ1) is 23.5. The maximum absolute atomic E-state index is 11.5. The first-order valence-corrected chi connectivity index (χ1v) is 12.7. The molecule has 1 saturated carbocycles. The Bertz CT molecular complexity index is 1490. The molecule has 1 aliphatic carbocycles. The molecule has 2 unspecified atom stereocenters. The third-order valence-corrected chi connectivity index (χ3v) is 7.79. The van der Waals surface area contributed by atoms with Crippen LogP contribution >= 0.6 is 0 Å². The van der Waals surface area contributed by atoms with E-state index in [1.54, 1.807) is 29.9 Å². The second-order valence-electron chi connectivity index (χ2n) is 10.4. The normalized spacial score (nSPS) is 21.5. The first-order valence-electron chi connectivity index (χ1n) is 12.7. The Balaban J connectivity index is 1.20. The fourth-order valence-electron chi connectivity index (χ4n) is 6.32. The van der Waals surface area contributed by atoms with Crippen molar-refractivity contribution in [1.82, 2.24) is 29.2 Å². The van der Waals surface area contributed by atoms with E-state index in [-0.39, 0.29) is 11.1 Å². The first-order chi connectivity index (χ1) is 17.8. The number of aryl methyl sites for hydroxylation is 2. The van der Waals surface area contributed by atoms with E-state index in [0.717, 1.165) is 43.5 Å². The van der Waals surface area contributed by atoms with E-state index in [9.17, 15) is 9.90 Å². The van der Waals surface area contributed by atoms with Crippen LogP contribution < -0.4 is 10.5 Å². The molecule has 0 spiro atoms. The third-order valence-electron chi connectivity index (χ3n) is 7.79. The molecule has 10 nitrogen and oxygen atoms in total. The van der Waals surface area contributed by atoms with Gasteiger partial charge in [-0.1, -0.05) is 12.1 Å². The van der Waals surface area contributed by atoms with Crippen LogP contribution in [0, 0.1) is 12.8 Å². The lowest BCUT2D eigenvalue weighted by Gasteiger charge is -2.42. The fourth-order valence-corrected chi connectivity index (χ4v) is 6.32. The summed E-state index contributed by atoms with van der Waals surface area (Å²) in [6.45, 7) is 4.96. The number of nitrogen functional groups attached to an aromatic ring is 1. The Morgan fingerprint density at radius 2 is 2.11 bits per heavy atom. The minimum absolute atomic E-state index is 0.0560. The number of benzene rings is 1. The zero-order chi connectivity index (χ0) is 25.7. The van der Waals surface area contributed by atoms with E-state index in [4.69, 9.17) is 10.5 Å². The highest BCUT2D eigenvalue weighted by molar-refractivity contribution is 5.89. The molecule has 1 aliphatic heterocycles. The van der Waals surface area contributed by atoms with Crippen LogP contribution in [0.15, 0.2) is 42.6 Å². The van der Waals surface area contributed by atoms with Gasteiger partial charge in [-0.2, -0.15) is 5.10 Å². The maximum atomic E-state index is 11.5. The Labute approximate surface area is 214 Å². The number of carboxylic acid groups (broad SMARTS) is 1. The molecule has 37 heavy (non-hydrogen) atoms. The number of hydrogen-bond donors (Lipinski definition) is 2. The minimum Gasteiger partial charge on any atom is -0.478 e. The van der Waals surface area contributed by atoms with Crippen LogP contribution in [0.25, 0.3) is 22.3 Å². The molecule has 6 rings (SSSR count). The van der Waals surface area contributed by atoms with Crippen LogP contribution in [-0.4, -0.2) is 66.5 Å². The Morgan fingerprint density at radius 1 is 1.27 bits per heavy atom. The van der Waals surface area contributed by atoms with Gasteiger partial charge in [-0.3, -0.25) is 9.88 Å². The van der Waals surface area contributed by atoms with E-state index in [1.807, 2.05) is 25.2 Å². The van der Waals surface area contributed by atoms with Gasteiger partial charge in [-0.25, -0.2) is 14.5 Å². The van der Waals surface area contributed by atoms with Gasteiger partial charge in [-0.05, 0) is 56.4 Å². The summed E-state index contributed by atoms with van der Waals surface area (Å²) >= 11 is 0. The second kappa shape index (κ2) is 8.88. The lowest BCUT2D eigenvalue weighted by atomic mass is 9.90. The second-order valence-corrected chi connectivity index (χ2v) is 10.4. The molecule has 4 aromatic rings. The van der Waals surface area contributed by atoms with Gasteiger partial charge < -0.3 is 20.1 Å². The number of imidazole rings is 1. The van der Waals surface area contributed by atoms with Gasteiger partial charge in [0.2, 0.25) is 11.8 Å². The summed E-state index contributed by atoms with van der Waals surface area (Å²) in [5, 5.41) is 13.8. The summed E-state index contributed by atoms with van der Waals surface area (Å²) in [5.74, 6) is 0.797. The number of likely N-dealkylation sites (tertiary alicyclic amines) is 1. The van der Waals surface area contributed by atoms with Crippen molar-refractivity contribution in [3.05, 3.63) is 53.9 Å². The highest BCUT2D eigenvalue weighted by Crippen LogP contribution is 2.47. The number of pyridine rings is 1. The predicted molar refractivity (Wildman–Crippen MR) is 140 cm³/mol. The Hall–Kier alpha value is -3.92. The van der Waals surface area contributed by atoms with Crippen molar-refractivity contribution in [3.8, 4) is 17.1 Å². The lowest BCUT2D eigenvalue weighted by Crippen LogP contribution is -2.49. The minimum atomic E-state index is -0.988. The number of hydrogen-bond acceptors (Lipinski definition) is 7. The number of nitrogens with two attached hydrogens (primary N) is 1. The number of rotatable bonds is 7.